The summed E-state index contributed by atoms with van der Waals surface area (Å²) in [5.74, 6) is -0.644. The van der Waals surface area contributed by atoms with Crippen molar-refractivity contribution in [2.45, 2.75) is 37.7 Å². The summed E-state index contributed by atoms with van der Waals surface area (Å²) in [6.07, 6.45) is -0.148. The monoisotopic (exact) mass is 464 g/mol. The molecule has 0 aromatic heterocycles. The van der Waals surface area contributed by atoms with Crippen LogP contribution in [-0.2, 0) is 19.5 Å². The van der Waals surface area contributed by atoms with Crippen molar-refractivity contribution in [2.24, 2.45) is 0 Å². The van der Waals surface area contributed by atoms with E-state index in [4.69, 9.17) is 9.47 Å². The molecule has 0 fully saturated rings. The molecule has 0 atom stereocenters. The molecule has 0 bridgehead atoms. The van der Waals surface area contributed by atoms with E-state index in [9.17, 15) is 18.0 Å². The summed E-state index contributed by atoms with van der Waals surface area (Å²) in [4.78, 5) is 23.6. The van der Waals surface area contributed by atoms with E-state index in [0.29, 0.717) is 10.9 Å². The molecule has 0 spiro atoms. The number of halogens is 1. The molecule has 8 nitrogen and oxygen atoms in total. The van der Waals surface area contributed by atoms with Crippen LogP contribution in [0.5, 0.6) is 0 Å². The SMILES string of the molecule is CN(C)S(=O)(=O)c1cc(C(=O)OCCCNC(=O)OC(C)(C)C)ccc1Br. The summed E-state index contributed by atoms with van der Waals surface area (Å²) in [7, 11) is -0.886. The maximum Gasteiger partial charge on any atom is 0.407 e. The number of hydrogen-bond donors (Lipinski definition) is 1. The van der Waals surface area contributed by atoms with Crippen molar-refractivity contribution < 1.29 is 27.5 Å². The molecule has 0 aliphatic heterocycles. The Kier molecular flexibility index (Phi) is 8.24. The molecule has 0 heterocycles. The Morgan fingerprint density at radius 3 is 2.41 bits per heavy atom. The average Bonchev–Trinajstić information content (AvgIpc) is 2.52. The lowest BCUT2D eigenvalue weighted by molar-refractivity contribution is 0.0483. The van der Waals surface area contributed by atoms with Gasteiger partial charge in [0.2, 0.25) is 10.0 Å². The fourth-order valence-corrected chi connectivity index (χ4v) is 3.69. The Hall–Kier alpha value is -1.65. The highest BCUT2D eigenvalue weighted by Crippen LogP contribution is 2.25. The lowest BCUT2D eigenvalue weighted by Gasteiger charge is -2.19. The van der Waals surface area contributed by atoms with Gasteiger partial charge in [-0.25, -0.2) is 22.3 Å². The van der Waals surface area contributed by atoms with Gasteiger partial charge >= 0.3 is 12.1 Å². The summed E-state index contributed by atoms with van der Waals surface area (Å²) in [6, 6.07) is 4.22. The molecule has 1 aromatic carbocycles. The molecule has 0 saturated heterocycles. The van der Waals surface area contributed by atoms with E-state index in [1.165, 1.54) is 32.3 Å². The van der Waals surface area contributed by atoms with Crippen LogP contribution in [0.3, 0.4) is 0 Å². The maximum atomic E-state index is 12.3. The third-order valence-electron chi connectivity index (χ3n) is 3.15. The van der Waals surface area contributed by atoms with Crippen molar-refractivity contribution in [2.75, 3.05) is 27.2 Å². The second-order valence-corrected chi connectivity index (χ2v) is 9.83. The van der Waals surface area contributed by atoms with Gasteiger partial charge in [0.05, 0.1) is 17.1 Å². The highest BCUT2D eigenvalue weighted by molar-refractivity contribution is 9.10. The van der Waals surface area contributed by atoms with E-state index in [2.05, 4.69) is 21.2 Å². The van der Waals surface area contributed by atoms with Crippen LogP contribution in [0.1, 0.15) is 37.6 Å². The fraction of sp³-hybridized carbons (Fsp3) is 0.529. The normalized spacial score (nSPS) is 12.0. The molecule has 10 heteroatoms. The van der Waals surface area contributed by atoms with E-state index in [-0.39, 0.29) is 23.6 Å². The van der Waals surface area contributed by atoms with Crippen LogP contribution in [0.15, 0.2) is 27.6 Å². The minimum Gasteiger partial charge on any atom is -0.462 e. The van der Waals surface area contributed by atoms with Crippen molar-refractivity contribution >= 4 is 38.0 Å². The summed E-state index contributed by atoms with van der Waals surface area (Å²) in [5, 5.41) is 2.56. The average molecular weight is 465 g/mol. The van der Waals surface area contributed by atoms with Gasteiger partial charge in [0.25, 0.3) is 0 Å². The lowest BCUT2D eigenvalue weighted by atomic mass is 10.2. The predicted molar refractivity (Wildman–Crippen MR) is 104 cm³/mol. The third-order valence-corrected chi connectivity index (χ3v) is 5.96. The van der Waals surface area contributed by atoms with Crippen molar-refractivity contribution in [3.05, 3.63) is 28.2 Å². The minimum absolute atomic E-state index is 0.0199. The Morgan fingerprint density at radius 1 is 1.22 bits per heavy atom. The number of nitrogens with one attached hydrogen (secondary N) is 1. The first-order valence-electron chi connectivity index (χ1n) is 8.20. The minimum atomic E-state index is -3.70. The van der Waals surface area contributed by atoms with Crippen LogP contribution in [0, 0.1) is 0 Å². The summed E-state index contributed by atoms with van der Waals surface area (Å²) in [6.45, 7) is 5.63. The number of amides is 1. The Labute approximate surface area is 168 Å². The summed E-state index contributed by atoms with van der Waals surface area (Å²) in [5.41, 5.74) is -0.457. The first-order chi connectivity index (χ1) is 12.3. The van der Waals surface area contributed by atoms with E-state index in [1.807, 2.05) is 0 Å². The summed E-state index contributed by atoms with van der Waals surface area (Å²) < 4.78 is 36.2. The van der Waals surface area contributed by atoms with Crippen molar-refractivity contribution in [3.8, 4) is 0 Å². The van der Waals surface area contributed by atoms with E-state index >= 15 is 0 Å². The van der Waals surface area contributed by atoms with Crippen LogP contribution < -0.4 is 5.32 Å². The Bertz CT molecular complexity index is 787. The maximum absolute atomic E-state index is 12.3. The smallest absolute Gasteiger partial charge is 0.407 e. The lowest BCUT2D eigenvalue weighted by Crippen LogP contribution is -2.33. The van der Waals surface area contributed by atoms with E-state index in [1.54, 1.807) is 20.8 Å². The highest BCUT2D eigenvalue weighted by atomic mass is 79.9. The van der Waals surface area contributed by atoms with Gasteiger partial charge < -0.3 is 14.8 Å². The van der Waals surface area contributed by atoms with Gasteiger partial charge in [-0.15, -0.1) is 0 Å². The van der Waals surface area contributed by atoms with Gasteiger partial charge in [0.1, 0.15) is 5.60 Å². The van der Waals surface area contributed by atoms with Gasteiger partial charge in [0.15, 0.2) is 0 Å². The number of ether oxygens (including phenoxy) is 2. The van der Waals surface area contributed by atoms with Gasteiger partial charge in [0, 0.05) is 25.1 Å². The number of alkyl carbamates (subject to hydrolysis) is 1. The highest BCUT2D eigenvalue weighted by Gasteiger charge is 2.22. The van der Waals surface area contributed by atoms with Gasteiger partial charge in [-0.3, -0.25) is 0 Å². The van der Waals surface area contributed by atoms with Gasteiger partial charge in [-0.1, -0.05) is 0 Å². The molecule has 1 amide bonds. The largest absolute Gasteiger partial charge is 0.462 e. The number of carbonyl (C=O) groups is 2. The van der Waals surface area contributed by atoms with Crippen LogP contribution in [-0.4, -0.2) is 57.6 Å². The molecule has 1 rings (SSSR count). The van der Waals surface area contributed by atoms with Gasteiger partial charge in [-0.2, -0.15) is 0 Å². The zero-order chi connectivity index (χ0) is 20.8. The fourth-order valence-electron chi connectivity index (χ4n) is 1.85. The predicted octanol–water partition coefficient (Wildman–Crippen LogP) is 2.77. The molecule has 1 aromatic rings. The number of rotatable bonds is 7. The quantitative estimate of drug-likeness (QED) is 0.491. The molecule has 0 saturated carbocycles. The van der Waals surface area contributed by atoms with E-state index in [0.717, 1.165) is 4.31 Å². The number of benzene rings is 1. The zero-order valence-corrected chi connectivity index (χ0v) is 18.4. The molecular weight excluding hydrogens is 440 g/mol. The Balaban J connectivity index is 2.58. The van der Waals surface area contributed by atoms with Crippen molar-refractivity contribution in [1.29, 1.82) is 0 Å². The number of hydrogen-bond acceptors (Lipinski definition) is 6. The molecule has 0 aliphatic rings. The van der Waals surface area contributed by atoms with Crippen LogP contribution >= 0.6 is 15.9 Å². The molecule has 152 valence electrons. The van der Waals surface area contributed by atoms with Crippen LogP contribution in [0.25, 0.3) is 0 Å². The zero-order valence-electron chi connectivity index (χ0n) is 16.0. The van der Waals surface area contributed by atoms with Crippen molar-refractivity contribution in [3.63, 3.8) is 0 Å². The second kappa shape index (κ2) is 9.52. The number of nitrogens with zero attached hydrogens (tertiary/aromatic N) is 1. The number of esters is 1. The molecule has 0 unspecified atom stereocenters. The molecule has 1 N–H and O–H groups in total. The first kappa shape index (κ1) is 23.4. The standard InChI is InChI=1S/C17H25BrN2O6S/c1-17(2,3)26-16(22)19-9-6-10-25-15(21)12-7-8-13(18)14(11-12)27(23,24)20(4)5/h7-8,11H,6,9-10H2,1-5H3,(H,19,22). The Morgan fingerprint density at radius 2 is 1.85 bits per heavy atom. The molecule has 27 heavy (non-hydrogen) atoms. The number of carbonyl (C=O) groups excluding carboxylic acids is 2. The molecule has 0 aliphatic carbocycles. The van der Waals surface area contributed by atoms with Crippen LogP contribution in [0.4, 0.5) is 4.79 Å². The number of sulfonamides is 1. The molecular formula is C17H25BrN2O6S. The third kappa shape index (κ3) is 7.47. The topological polar surface area (TPSA) is 102 Å². The van der Waals surface area contributed by atoms with Crippen molar-refractivity contribution in [1.82, 2.24) is 9.62 Å². The van der Waals surface area contributed by atoms with Crippen LogP contribution in [0.2, 0.25) is 0 Å². The first-order valence-corrected chi connectivity index (χ1v) is 10.4. The van der Waals surface area contributed by atoms with E-state index < -0.39 is 27.7 Å². The second-order valence-electron chi connectivity index (χ2n) is 6.85. The van der Waals surface area contributed by atoms with Gasteiger partial charge in [-0.05, 0) is 61.3 Å². The summed E-state index contributed by atoms with van der Waals surface area (Å²) >= 11 is 3.18. The molecule has 0 radical (unpaired) electrons.